The number of hydrogen-bond donors (Lipinski definition) is 8. The molecule has 1 aromatic rings. The van der Waals surface area contributed by atoms with Crippen LogP contribution in [0, 0.1) is 11.8 Å². The van der Waals surface area contributed by atoms with Gasteiger partial charge < -0.3 is 42.3 Å². The van der Waals surface area contributed by atoms with E-state index in [0.29, 0.717) is 5.56 Å². The second-order valence-corrected chi connectivity index (χ2v) is 12.2. The van der Waals surface area contributed by atoms with E-state index < -0.39 is 84.1 Å². The van der Waals surface area contributed by atoms with Gasteiger partial charge in [-0.2, -0.15) is 0 Å². The Balaban J connectivity index is 3.31. The fourth-order valence-corrected chi connectivity index (χ4v) is 4.62. The maximum absolute atomic E-state index is 13.6. The first-order chi connectivity index (χ1) is 21.3. The predicted molar refractivity (Wildman–Crippen MR) is 167 cm³/mol. The van der Waals surface area contributed by atoms with Gasteiger partial charge in [-0.1, -0.05) is 63.0 Å². The lowest BCUT2D eigenvalue weighted by Gasteiger charge is -2.28. The van der Waals surface area contributed by atoms with Gasteiger partial charge in [0.2, 0.25) is 23.6 Å². The fourth-order valence-electron chi connectivity index (χ4n) is 4.22. The predicted octanol–water partition coefficient (Wildman–Crippen LogP) is 0.929. The Morgan fingerprint density at radius 2 is 1.33 bits per heavy atom. The molecule has 15 nitrogen and oxygen atoms in total. The van der Waals surface area contributed by atoms with Gasteiger partial charge in [-0.15, -0.1) is 0 Å². The number of aliphatic carboxylic acids is 3. The second-order valence-electron chi connectivity index (χ2n) is 11.4. The first-order valence-electron chi connectivity index (χ1n) is 14.4. The van der Waals surface area contributed by atoms with Crippen molar-refractivity contribution in [2.45, 2.75) is 90.0 Å². The molecule has 0 aliphatic heterocycles. The number of hydrogen-bond acceptors (Lipinski definition) is 8. The molecule has 0 bridgehead atoms. The topological polar surface area (TPSA) is 254 Å². The Morgan fingerprint density at radius 1 is 0.761 bits per heavy atom. The Morgan fingerprint density at radius 3 is 1.85 bits per heavy atom. The number of nitrogens with two attached hydrogens (primary N) is 1. The van der Waals surface area contributed by atoms with Crippen LogP contribution in [0.25, 0.3) is 0 Å². The van der Waals surface area contributed by atoms with Crippen LogP contribution >= 0.6 is 23.2 Å². The Hall–Kier alpha value is -3.95. The number of carboxylic acid groups (broad SMARTS) is 3. The van der Waals surface area contributed by atoms with Crippen LogP contribution in [0.1, 0.15) is 58.9 Å². The van der Waals surface area contributed by atoms with E-state index in [2.05, 4.69) is 21.3 Å². The number of rotatable bonds is 19. The third-order valence-corrected chi connectivity index (χ3v) is 7.53. The smallest absolute Gasteiger partial charge is 0.326 e. The lowest BCUT2D eigenvalue weighted by molar-refractivity contribution is -0.147. The number of amides is 4. The van der Waals surface area contributed by atoms with Crippen LogP contribution < -0.4 is 27.0 Å². The minimum Gasteiger partial charge on any atom is -0.481 e. The van der Waals surface area contributed by atoms with Crippen molar-refractivity contribution in [1.82, 2.24) is 21.3 Å². The normalized spacial score (nSPS) is 14.4. The van der Waals surface area contributed by atoms with Crippen LogP contribution in [-0.4, -0.2) is 87.1 Å². The number of benzene rings is 1. The fraction of sp³-hybridized carbons (Fsp3) is 0.552. The van der Waals surface area contributed by atoms with Crippen molar-refractivity contribution in [2.24, 2.45) is 17.6 Å². The van der Waals surface area contributed by atoms with Gasteiger partial charge in [0.15, 0.2) is 0 Å². The molecule has 17 heteroatoms. The SMILES string of the molecule is CC(C)C[C@H](NC(=O)[C@@H](NC(=O)[C@@H](N)CCC(=O)O)C(C)C)C(=O)N[C@@H](Cc1cccc(Cl)c1Cl)C(=O)N[C@@H](CC(=O)O)C(=O)O. The minimum absolute atomic E-state index is 0.0700. The van der Waals surface area contributed by atoms with Crippen LogP contribution in [0.2, 0.25) is 10.0 Å². The molecule has 0 fully saturated rings. The summed E-state index contributed by atoms with van der Waals surface area (Å²) in [7, 11) is 0. The molecule has 1 aromatic carbocycles. The maximum Gasteiger partial charge on any atom is 0.326 e. The maximum atomic E-state index is 13.6. The molecular weight excluding hydrogens is 649 g/mol. The largest absolute Gasteiger partial charge is 0.481 e. The minimum atomic E-state index is -1.82. The molecule has 0 aliphatic rings. The van der Waals surface area contributed by atoms with Crippen LogP contribution in [0.5, 0.6) is 0 Å². The molecule has 0 unspecified atom stereocenters. The van der Waals surface area contributed by atoms with Crippen molar-refractivity contribution in [3.05, 3.63) is 33.8 Å². The van der Waals surface area contributed by atoms with Crippen LogP contribution in [0.15, 0.2) is 18.2 Å². The van der Waals surface area contributed by atoms with Gasteiger partial charge in [0.05, 0.1) is 22.5 Å². The molecule has 4 amide bonds. The average Bonchev–Trinajstić information content (AvgIpc) is 2.94. The van der Waals surface area contributed by atoms with E-state index in [-0.39, 0.29) is 41.6 Å². The van der Waals surface area contributed by atoms with E-state index in [0.717, 1.165) is 0 Å². The molecule has 0 spiro atoms. The highest BCUT2D eigenvalue weighted by Crippen LogP contribution is 2.26. The summed E-state index contributed by atoms with van der Waals surface area (Å²) < 4.78 is 0. The molecule has 1 rings (SSSR count). The monoisotopic (exact) mass is 689 g/mol. The number of carboxylic acids is 3. The third-order valence-electron chi connectivity index (χ3n) is 6.67. The molecule has 0 radical (unpaired) electrons. The number of carbonyl (C=O) groups is 7. The summed E-state index contributed by atoms with van der Waals surface area (Å²) in [5, 5.41) is 37.3. The molecule has 0 heterocycles. The Labute approximate surface area is 275 Å². The highest BCUT2D eigenvalue weighted by molar-refractivity contribution is 6.42. The first kappa shape index (κ1) is 40.1. The summed E-state index contributed by atoms with van der Waals surface area (Å²) in [6, 6.07) is -2.36. The molecule has 46 heavy (non-hydrogen) atoms. The molecular formula is C29H41Cl2N5O10. The van der Waals surface area contributed by atoms with Crippen molar-refractivity contribution in [1.29, 1.82) is 0 Å². The molecule has 256 valence electrons. The van der Waals surface area contributed by atoms with Gasteiger partial charge in [-0.3, -0.25) is 28.8 Å². The number of nitrogens with one attached hydrogen (secondary N) is 4. The van der Waals surface area contributed by atoms with E-state index in [9.17, 15) is 38.7 Å². The summed E-state index contributed by atoms with van der Waals surface area (Å²) in [5.74, 6) is -8.26. The van der Waals surface area contributed by atoms with Crippen molar-refractivity contribution in [3.63, 3.8) is 0 Å². The summed E-state index contributed by atoms with van der Waals surface area (Å²) in [6.45, 7) is 6.82. The van der Waals surface area contributed by atoms with Gasteiger partial charge in [0, 0.05) is 12.8 Å². The Bertz CT molecular complexity index is 1290. The second kappa shape index (κ2) is 18.9. The lowest BCUT2D eigenvalue weighted by atomic mass is 9.98. The molecule has 5 atom stereocenters. The molecule has 0 saturated heterocycles. The molecule has 0 aliphatic carbocycles. The quantitative estimate of drug-likeness (QED) is 0.101. The van der Waals surface area contributed by atoms with Crippen molar-refractivity contribution in [3.8, 4) is 0 Å². The van der Waals surface area contributed by atoms with E-state index in [4.69, 9.17) is 39.1 Å². The molecule has 0 saturated carbocycles. The zero-order valence-electron chi connectivity index (χ0n) is 25.8. The number of carbonyl (C=O) groups excluding carboxylic acids is 4. The van der Waals surface area contributed by atoms with Gasteiger partial charge in [-0.25, -0.2) is 4.79 Å². The standard InChI is InChI=1S/C29H41Cl2N5O10/c1-13(2)10-18(34-28(44)24(14(3)4)36-25(41)17(32)8-9-21(37)38)26(42)33-19(11-15-6-5-7-16(30)23(15)31)27(43)35-20(29(45)46)12-22(39)40/h5-7,13-14,17-20,24H,8-12,32H2,1-4H3,(H,33,42)(H,34,44)(H,35,43)(H,36,41)(H,37,38)(H,39,40)(H,45,46)/t17-,18-,19-,20-,24-/m0/s1. The average molecular weight is 691 g/mol. The third kappa shape index (κ3) is 13.6. The highest BCUT2D eigenvalue weighted by atomic mass is 35.5. The first-order valence-corrected chi connectivity index (χ1v) is 15.2. The van der Waals surface area contributed by atoms with Gasteiger partial charge in [0.1, 0.15) is 24.2 Å². The molecule has 0 aromatic heterocycles. The van der Waals surface area contributed by atoms with Gasteiger partial charge in [0.25, 0.3) is 0 Å². The van der Waals surface area contributed by atoms with E-state index in [1.54, 1.807) is 33.8 Å². The highest BCUT2D eigenvalue weighted by Gasteiger charge is 2.34. The van der Waals surface area contributed by atoms with Crippen molar-refractivity contribution < 1.29 is 48.9 Å². The van der Waals surface area contributed by atoms with Crippen molar-refractivity contribution >= 4 is 64.7 Å². The van der Waals surface area contributed by atoms with Crippen LogP contribution in [0.3, 0.4) is 0 Å². The van der Waals surface area contributed by atoms with Gasteiger partial charge in [-0.05, 0) is 36.3 Å². The zero-order valence-corrected chi connectivity index (χ0v) is 27.4. The zero-order chi connectivity index (χ0) is 35.3. The number of halogens is 2. The molecule has 9 N–H and O–H groups in total. The summed E-state index contributed by atoms with van der Waals surface area (Å²) in [6.07, 6.45) is -1.66. The summed E-state index contributed by atoms with van der Waals surface area (Å²) in [5.41, 5.74) is 6.09. The van der Waals surface area contributed by atoms with Crippen LogP contribution in [-0.2, 0) is 40.0 Å². The van der Waals surface area contributed by atoms with Gasteiger partial charge >= 0.3 is 17.9 Å². The summed E-state index contributed by atoms with van der Waals surface area (Å²) >= 11 is 12.4. The van der Waals surface area contributed by atoms with E-state index in [1.165, 1.54) is 12.1 Å². The Kier molecular flexibility index (Phi) is 16.5. The van der Waals surface area contributed by atoms with E-state index >= 15 is 0 Å². The lowest BCUT2D eigenvalue weighted by Crippen LogP contribution is -2.60. The van der Waals surface area contributed by atoms with E-state index in [1.807, 2.05) is 0 Å². The van der Waals surface area contributed by atoms with Crippen molar-refractivity contribution in [2.75, 3.05) is 0 Å². The van der Waals surface area contributed by atoms with Crippen LogP contribution in [0.4, 0.5) is 0 Å². The summed E-state index contributed by atoms with van der Waals surface area (Å²) in [4.78, 5) is 86.4.